The number of hydrogen-bond acceptors (Lipinski definition) is 5. The number of nitrogens with zero attached hydrogens (tertiary/aromatic N) is 3. The molecule has 2 amide bonds. The zero-order valence-corrected chi connectivity index (χ0v) is 17.1. The Balaban J connectivity index is 1.76. The van der Waals surface area contributed by atoms with Crippen molar-refractivity contribution < 1.29 is 18.0 Å². The monoisotopic (exact) mass is 388 g/mol. The molecule has 2 aliphatic heterocycles. The van der Waals surface area contributed by atoms with Crippen LogP contribution in [0.25, 0.3) is 0 Å². The summed E-state index contributed by atoms with van der Waals surface area (Å²) in [6.45, 7) is 9.67. The van der Waals surface area contributed by atoms with E-state index in [-0.39, 0.29) is 23.3 Å². The fourth-order valence-electron chi connectivity index (χ4n) is 3.48. The van der Waals surface area contributed by atoms with Crippen LogP contribution in [0.5, 0.6) is 0 Å². The van der Waals surface area contributed by atoms with E-state index in [0.29, 0.717) is 58.7 Å². The molecule has 0 bridgehead atoms. The highest BCUT2D eigenvalue weighted by atomic mass is 32.2. The van der Waals surface area contributed by atoms with Crippen LogP contribution >= 0.6 is 0 Å². The van der Waals surface area contributed by atoms with E-state index in [4.69, 9.17) is 0 Å². The fraction of sp³-hybridized carbons (Fsp3) is 0.882. The lowest BCUT2D eigenvalue weighted by atomic mass is 9.96. The van der Waals surface area contributed by atoms with Crippen molar-refractivity contribution in [1.29, 1.82) is 0 Å². The van der Waals surface area contributed by atoms with Gasteiger partial charge >= 0.3 is 0 Å². The predicted octanol–water partition coefficient (Wildman–Crippen LogP) is -0.283. The van der Waals surface area contributed by atoms with E-state index in [1.165, 1.54) is 10.6 Å². The molecule has 0 atom stereocenters. The Morgan fingerprint density at radius 2 is 1.54 bits per heavy atom. The van der Waals surface area contributed by atoms with Gasteiger partial charge in [-0.25, -0.2) is 12.7 Å². The minimum atomic E-state index is -3.17. The molecular formula is C17H32N4O4S. The second kappa shape index (κ2) is 8.22. The second-order valence-electron chi connectivity index (χ2n) is 8.34. The molecule has 9 heteroatoms. The lowest BCUT2D eigenvalue weighted by Gasteiger charge is -2.38. The Kier molecular flexibility index (Phi) is 6.68. The van der Waals surface area contributed by atoms with Crippen LogP contribution in [0.15, 0.2) is 0 Å². The molecule has 0 saturated carbocycles. The van der Waals surface area contributed by atoms with E-state index >= 15 is 0 Å². The largest absolute Gasteiger partial charge is 0.350 e. The Hall–Kier alpha value is -1.19. The smallest absolute Gasteiger partial charge is 0.234 e. The zero-order valence-electron chi connectivity index (χ0n) is 16.3. The number of sulfonamides is 1. The van der Waals surface area contributed by atoms with Crippen molar-refractivity contribution in [3.8, 4) is 0 Å². The van der Waals surface area contributed by atoms with Crippen LogP contribution in [-0.4, -0.2) is 91.9 Å². The van der Waals surface area contributed by atoms with E-state index < -0.39 is 10.0 Å². The van der Waals surface area contributed by atoms with Crippen LogP contribution in [-0.2, 0) is 19.6 Å². The van der Waals surface area contributed by atoms with Gasteiger partial charge in [0.25, 0.3) is 0 Å². The summed E-state index contributed by atoms with van der Waals surface area (Å²) in [5.41, 5.74) is -0.240. The van der Waals surface area contributed by atoms with E-state index in [0.717, 1.165) is 0 Å². The van der Waals surface area contributed by atoms with Gasteiger partial charge in [0.2, 0.25) is 21.8 Å². The topological polar surface area (TPSA) is 90.0 Å². The quantitative estimate of drug-likeness (QED) is 0.715. The van der Waals surface area contributed by atoms with Gasteiger partial charge in [0, 0.05) is 50.7 Å². The first kappa shape index (κ1) is 21.1. The average molecular weight is 389 g/mol. The number of carbonyl (C=O) groups is 2. The molecule has 0 aliphatic carbocycles. The fourth-order valence-corrected chi connectivity index (χ4v) is 4.35. The number of piperazine rings is 1. The third kappa shape index (κ3) is 6.21. The van der Waals surface area contributed by atoms with Crippen LogP contribution in [0.1, 0.15) is 33.6 Å². The third-order valence-electron chi connectivity index (χ3n) is 4.84. The van der Waals surface area contributed by atoms with Gasteiger partial charge in [-0.1, -0.05) is 0 Å². The van der Waals surface area contributed by atoms with Crippen molar-refractivity contribution in [3.05, 3.63) is 0 Å². The molecule has 2 rings (SSSR count). The molecule has 2 fully saturated rings. The highest BCUT2D eigenvalue weighted by molar-refractivity contribution is 7.88. The minimum absolute atomic E-state index is 0.00502. The van der Waals surface area contributed by atoms with Crippen molar-refractivity contribution in [3.63, 3.8) is 0 Å². The molecule has 8 nitrogen and oxygen atoms in total. The molecule has 0 radical (unpaired) electrons. The SMILES string of the molecule is CC(C)(C)NC(=O)CN1CCN(C(=O)C2CCN(S(C)(=O)=O)CC2)CC1. The lowest BCUT2D eigenvalue weighted by Crippen LogP contribution is -2.54. The molecule has 26 heavy (non-hydrogen) atoms. The second-order valence-corrected chi connectivity index (χ2v) is 10.3. The Bertz CT molecular complexity index is 613. The molecule has 2 aliphatic rings. The Labute approximate surface area is 156 Å². The van der Waals surface area contributed by atoms with Crippen molar-refractivity contribution in [2.24, 2.45) is 5.92 Å². The summed E-state index contributed by atoms with van der Waals surface area (Å²) in [5, 5.41) is 2.95. The van der Waals surface area contributed by atoms with Crippen LogP contribution in [0.4, 0.5) is 0 Å². The van der Waals surface area contributed by atoms with Gasteiger partial charge in [0.1, 0.15) is 0 Å². The first-order valence-electron chi connectivity index (χ1n) is 9.23. The first-order chi connectivity index (χ1) is 12.0. The van der Waals surface area contributed by atoms with Crippen LogP contribution in [0, 0.1) is 5.92 Å². The van der Waals surface area contributed by atoms with E-state index in [1.807, 2.05) is 25.7 Å². The maximum Gasteiger partial charge on any atom is 0.234 e. The molecule has 1 N–H and O–H groups in total. The Morgan fingerprint density at radius 3 is 2.00 bits per heavy atom. The highest BCUT2D eigenvalue weighted by Crippen LogP contribution is 2.22. The first-order valence-corrected chi connectivity index (χ1v) is 11.1. The number of amides is 2. The number of rotatable bonds is 4. The average Bonchev–Trinajstić information content (AvgIpc) is 2.52. The summed E-state index contributed by atoms with van der Waals surface area (Å²) in [5.74, 6) is 0.0334. The maximum absolute atomic E-state index is 12.7. The van der Waals surface area contributed by atoms with Crippen LogP contribution in [0.2, 0.25) is 0 Å². The van der Waals surface area contributed by atoms with Gasteiger partial charge in [-0.3, -0.25) is 14.5 Å². The van der Waals surface area contributed by atoms with Gasteiger partial charge in [0.05, 0.1) is 12.8 Å². The van der Waals surface area contributed by atoms with E-state index in [2.05, 4.69) is 10.2 Å². The summed E-state index contributed by atoms with van der Waals surface area (Å²) in [6, 6.07) is 0. The zero-order chi connectivity index (χ0) is 19.5. The number of nitrogens with one attached hydrogen (secondary N) is 1. The van der Waals surface area contributed by atoms with Crippen LogP contribution < -0.4 is 5.32 Å². The van der Waals surface area contributed by atoms with E-state index in [1.54, 1.807) is 0 Å². The van der Waals surface area contributed by atoms with Crippen molar-refractivity contribution in [2.75, 3.05) is 52.1 Å². The van der Waals surface area contributed by atoms with Gasteiger partial charge < -0.3 is 10.2 Å². The maximum atomic E-state index is 12.7. The summed E-state index contributed by atoms with van der Waals surface area (Å²) in [6.07, 6.45) is 2.38. The van der Waals surface area contributed by atoms with Gasteiger partial charge in [-0.15, -0.1) is 0 Å². The van der Waals surface area contributed by atoms with Crippen LogP contribution in [0.3, 0.4) is 0 Å². The highest BCUT2D eigenvalue weighted by Gasteiger charge is 2.32. The molecular weight excluding hydrogens is 356 g/mol. The van der Waals surface area contributed by atoms with Crippen molar-refractivity contribution in [2.45, 2.75) is 39.2 Å². The molecule has 2 saturated heterocycles. The molecule has 0 spiro atoms. The molecule has 150 valence electrons. The predicted molar refractivity (Wildman–Crippen MR) is 100 cm³/mol. The molecule has 0 aromatic rings. The summed E-state index contributed by atoms with van der Waals surface area (Å²) >= 11 is 0. The molecule has 0 aromatic carbocycles. The third-order valence-corrected chi connectivity index (χ3v) is 6.14. The van der Waals surface area contributed by atoms with Crippen molar-refractivity contribution >= 4 is 21.8 Å². The number of carbonyl (C=O) groups excluding carboxylic acids is 2. The van der Waals surface area contributed by atoms with Gasteiger partial charge in [-0.2, -0.15) is 0 Å². The van der Waals surface area contributed by atoms with Gasteiger partial charge in [0.15, 0.2) is 0 Å². The normalized spacial score (nSPS) is 21.6. The minimum Gasteiger partial charge on any atom is -0.350 e. The number of piperidine rings is 1. The van der Waals surface area contributed by atoms with E-state index in [9.17, 15) is 18.0 Å². The number of hydrogen-bond donors (Lipinski definition) is 1. The van der Waals surface area contributed by atoms with Crippen molar-refractivity contribution in [1.82, 2.24) is 19.4 Å². The molecule has 0 unspecified atom stereocenters. The van der Waals surface area contributed by atoms with Gasteiger partial charge in [-0.05, 0) is 33.6 Å². The lowest BCUT2D eigenvalue weighted by molar-refractivity contribution is -0.138. The standard InChI is InChI=1S/C17H32N4O4S/c1-17(2,3)18-15(22)13-19-9-11-20(12-10-19)16(23)14-5-7-21(8-6-14)26(4,24)25/h14H,5-13H2,1-4H3,(H,18,22). The molecule has 0 aromatic heterocycles. The summed E-state index contributed by atoms with van der Waals surface area (Å²) in [4.78, 5) is 28.6. The summed E-state index contributed by atoms with van der Waals surface area (Å²) < 4.78 is 24.6. The summed E-state index contributed by atoms with van der Waals surface area (Å²) in [7, 11) is -3.17. The Morgan fingerprint density at radius 1 is 1.00 bits per heavy atom. The molecule has 2 heterocycles.